The molecular formula is C27H53N9O14. The second-order valence-corrected chi connectivity index (χ2v) is 12.8. The van der Waals surface area contributed by atoms with Crippen molar-refractivity contribution in [2.75, 3.05) is 26.2 Å². The number of nitrogens with zero attached hydrogens (tertiary/aromatic N) is 1. The van der Waals surface area contributed by atoms with Crippen molar-refractivity contribution in [2.24, 2.45) is 45.1 Å². The fourth-order valence-electron chi connectivity index (χ4n) is 6.42. The van der Waals surface area contributed by atoms with Crippen molar-refractivity contribution in [3.63, 3.8) is 0 Å². The van der Waals surface area contributed by atoms with Gasteiger partial charge in [-0.1, -0.05) is 0 Å². The number of nitrogens with one attached hydrogen (secondary N) is 1. The van der Waals surface area contributed by atoms with Gasteiger partial charge in [0.25, 0.3) is 0 Å². The van der Waals surface area contributed by atoms with E-state index in [1.165, 1.54) is 0 Å². The van der Waals surface area contributed by atoms with Gasteiger partial charge in [-0.15, -0.1) is 0 Å². The molecule has 4 fully saturated rings. The molecule has 0 aromatic rings. The summed E-state index contributed by atoms with van der Waals surface area (Å²) in [6, 6.07) is -4.66. The van der Waals surface area contributed by atoms with Gasteiger partial charge in [-0.2, -0.15) is 0 Å². The number of rotatable bonds is 13. The Morgan fingerprint density at radius 3 is 1.70 bits per heavy atom. The molecule has 19 atom stereocenters. The van der Waals surface area contributed by atoms with Crippen molar-refractivity contribution in [3.05, 3.63) is 0 Å². The van der Waals surface area contributed by atoms with Crippen LogP contribution in [0.1, 0.15) is 12.8 Å². The number of carbonyl (C=O) groups is 1. The highest BCUT2D eigenvalue weighted by atomic mass is 16.8. The van der Waals surface area contributed by atoms with Gasteiger partial charge in [0.05, 0.1) is 31.3 Å². The molecular weight excluding hydrogens is 674 g/mol. The topological polar surface area (TPSA) is 421 Å². The predicted octanol–water partition coefficient (Wildman–Crippen LogP) is -10.1. The minimum Gasteiger partial charge on any atom is -0.394 e. The van der Waals surface area contributed by atoms with Crippen LogP contribution < -0.4 is 45.5 Å². The van der Waals surface area contributed by atoms with Gasteiger partial charge in [-0.25, -0.2) is 0 Å². The molecule has 1 saturated carbocycles. The first-order valence-corrected chi connectivity index (χ1v) is 16.3. The van der Waals surface area contributed by atoms with Crippen molar-refractivity contribution in [1.82, 2.24) is 5.32 Å². The highest BCUT2D eigenvalue weighted by Gasteiger charge is 2.54. The molecule has 4 rings (SSSR count). The fraction of sp³-hybridized carbons (Fsp3) is 0.926. The third-order valence-corrected chi connectivity index (χ3v) is 9.31. The number of aliphatic hydroxyl groups is 7. The SMILES string of the molecule is NC[C@@H]1O[C@H](O[C@H]2[C@@H](O)[C@H](O[C@@H]3[C@@H](O)[C@H](NC(=O)CCN=C(N)N)C[C@H](N)[C@H]3O[C@H]3O[C@H](CN)[C@@H](O)[C@H](O)[C@H]3N)O[C@@H]2CO)[C@H](N)[C@@H](O)C1O. The maximum Gasteiger partial charge on any atom is 0.222 e. The van der Waals surface area contributed by atoms with Gasteiger partial charge in [-0.05, 0) is 6.42 Å². The van der Waals surface area contributed by atoms with Crippen LogP contribution in [0.25, 0.3) is 0 Å². The van der Waals surface area contributed by atoms with Crippen molar-refractivity contribution in [2.45, 2.75) is 129 Å². The average molecular weight is 728 g/mol. The number of ether oxygens (including phenoxy) is 6. The molecule has 23 heteroatoms. The van der Waals surface area contributed by atoms with E-state index in [2.05, 4.69) is 10.3 Å². The normalized spacial score (nSPS) is 46.8. The number of hydrogen-bond acceptors (Lipinski definition) is 20. The van der Waals surface area contributed by atoms with Gasteiger partial charge >= 0.3 is 0 Å². The van der Waals surface area contributed by atoms with E-state index in [-0.39, 0.29) is 38.4 Å². The minimum absolute atomic E-state index is 0.0372. The minimum atomic E-state index is -1.70. The lowest BCUT2D eigenvalue weighted by molar-refractivity contribution is -0.307. The molecule has 23 nitrogen and oxygen atoms in total. The van der Waals surface area contributed by atoms with Crippen LogP contribution in [-0.4, -0.2) is 190 Å². The zero-order valence-electron chi connectivity index (χ0n) is 27.2. The summed E-state index contributed by atoms with van der Waals surface area (Å²) in [7, 11) is 0. The van der Waals surface area contributed by atoms with Gasteiger partial charge in [0.1, 0.15) is 73.2 Å². The summed E-state index contributed by atoms with van der Waals surface area (Å²) >= 11 is 0. The summed E-state index contributed by atoms with van der Waals surface area (Å²) in [4.78, 5) is 16.5. The number of hydrogen-bond donors (Lipinski definition) is 15. The predicted molar refractivity (Wildman–Crippen MR) is 168 cm³/mol. The van der Waals surface area contributed by atoms with Crippen LogP contribution in [0.15, 0.2) is 4.99 Å². The van der Waals surface area contributed by atoms with E-state index in [9.17, 15) is 40.5 Å². The Kier molecular flexibility index (Phi) is 14.4. The lowest BCUT2D eigenvalue weighted by Crippen LogP contribution is -2.68. The van der Waals surface area contributed by atoms with Gasteiger partial charge in [0.2, 0.25) is 5.91 Å². The maximum atomic E-state index is 12.7. The third-order valence-electron chi connectivity index (χ3n) is 9.31. The van der Waals surface area contributed by atoms with Crippen molar-refractivity contribution < 1.29 is 69.0 Å². The molecule has 0 aromatic carbocycles. The quantitative estimate of drug-likeness (QED) is 0.0618. The van der Waals surface area contributed by atoms with Crippen molar-refractivity contribution >= 4 is 11.9 Å². The molecule has 4 aliphatic rings. The Balaban J connectivity index is 1.56. The highest BCUT2D eigenvalue weighted by molar-refractivity contribution is 5.78. The summed E-state index contributed by atoms with van der Waals surface area (Å²) in [5.41, 5.74) is 40.6. The first-order valence-electron chi connectivity index (χ1n) is 16.3. The standard InChI is InChI=1S/C27H53N9O14/c28-4-9-16(40)18(42)13(31)24(45-9)48-21-7(30)3-8(36-12(38)1-2-35-27(33)34)15(39)23(21)50-26-20(44)22(11(6-37)47-26)49-25-14(32)19(43)17(41)10(5-29)46-25/h7-11,13-26,37,39-44H,1-6,28-32H2,(H,36,38)(H4,33,34,35)/t7-,8+,9+,10-,11+,13+,14+,15-,16+,17?,18+,19+,20+,21+,22+,23+,24+,25+,26-/m0/s1. The van der Waals surface area contributed by atoms with E-state index < -0.39 is 129 Å². The number of nitrogens with two attached hydrogens (primary N) is 7. The van der Waals surface area contributed by atoms with Gasteiger partial charge in [-0.3, -0.25) is 9.79 Å². The molecule has 50 heavy (non-hydrogen) atoms. The second kappa shape index (κ2) is 17.7. The monoisotopic (exact) mass is 727 g/mol. The smallest absolute Gasteiger partial charge is 0.222 e. The van der Waals surface area contributed by atoms with E-state index in [1.807, 2.05) is 0 Å². The van der Waals surface area contributed by atoms with Crippen molar-refractivity contribution in [3.8, 4) is 0 Å². The first-order chi connectivity index (χ1) is 23.6. The zero-order chi connectivity index (χ0) is 37.0. The van der Waals surface area contributed by atoms with Gasteiger partial charge in [0.15, 0.2) is 24.8 Å². The summed E-state index contributed by atoms with van der Waals surface area (Å²) in [5, 5.41) is 77.1. The van der Waals surface area contributed by atoms with Crippen LogP contribution in [0, 0.1) is 0 Å². The van der Waals surface area contributed by atoms with E-state index in [4.69, 9.17) is 68.6 Å². The molecule has 290 valence electrons. The third kappa shape index (κ3) is 8.96. The number of guanidine groups is 1. The summed E-state index contributed by atoms with van der Waals surface area (Å²) in [6.07, 6.45) is -21.4. The molecule has 0 spiro atoms. The molecule has 1 aliphatic carbocycles. The second-order valence-electron chi connectivity index (χ2n) is 12.8. The van der Waals surface area contributed by atoms with Crippen LogP contribution in [-0.2, 0) is 33.2 Å². The largest absolute Gasteiger partial charge is 0.394 e. The highest BCUT2D eigenvalue weighted by Crippen LogP contribution is 2.34. The molecule has 22 N–H and O–H groups in total. The van der Waals surface area contributed by atoms with Crippen LogP contribution in [0.3, 0.4) is 0 Å². The lowest BCUT2D eigenvalue weighted by atomic mass is 9.83. The maximum absolute atomic E-state index is 12.7. The van der Waals surface area contributed by atoms with E-state index >= 15 is 0 Å². The first kappa shape index (κ1) is 40.8. The number of amides is 1. The number of aliphatic imine (C=N–C) groups is 1. The molecule has 1 amide bonds. The van der Waals surface area contributed by atoms with Crippen LogP contribution in [0.2, 0.25) is 0 Å². The summed E-state index contributed by atoms with van der Waals surface area (Å²) in [5.74, 6) is -0.755. The Hall–Kier alpha value is -1.98. The Labute approximate surface area is 286 Å². The Bertz CT molecular complexity index is 1130. The molecule has 0 aromatic heterocycles. The molecule has 1 unspecified atom stereocenters. The molecule has 3 aliphatic heterocycles. The molecule has 0 bridgehead atoms. The Morgan fingerprint density at radius 2 is 1.20 bits per heavy atom. The Morgan fingerprint density at radius 1 is 0.700 bits per heavy atom. The van der Waals surface area contributed by atoms with E-state index in [0.717, 1.165) is 0 Å². The summed E-state index contributed by atoms with van der Waals surface area (Å²) < 4.78 is 35.1. The molecule has 3 heterocycles. The molecule has 0 radical (unpaired) electrons. The molecule has 3 saturated heterocycles. The average Bonchev–Trinajstić information content (AvgIpc) is 3.37. The number of aliphatic hydroxyl groups excluding tert-OH is 7. The fourth-order valence-corrected chi connectivity index (χ4v) is 6.42. The number of carbonyl (C=O) groups excluding carboxylic acids is 1. The van der Waals surface area contributed by atoms with Gasteiger partial charge in [0, 0.05) is 25.6 Å². The van der Waals surface area contributed by atoms with E-state index in [0.29, 0.717) is 0 Å². The van der Waals surface area contributed by atoms with Crippen molar-refractivity contribution in [1.29, 1.82) is 0 Å². The van der Waals surface area contributed by atoms with Crippen LogP contribution in [0.4, 0.5) is 0 Å². The van der Waals surface area contributed by atoms with Crippen LogP contribution in [0.5, 0.6) is 0 Å². The van der Waals surface area contributed by atoms with Crippen LogP contribution >= 0.6 is 0 Å². The van der Waals surface area contributed by atoms with E-state index in [1.54, 1.807) is 0 Å². The summed E-state index contributed by atoms with van der Waals surface area (Å²) in [6.45, 7) is -1.15. The van der Waals surface area contributed by atoms with Gasteiger partial charge < -0.3 is 110 Å². The lowest BCUT2D eigenvalue weighted by Gasteiger charge is -2.48. The zero-order valence-corrected chi connectivity index (χ0v) is 27.2.